The predicted molar refractivity (Wildman–Crippen MR) is 83.7 cm³/mol. The van der Waals surface area contributed by atoms with E-state index in [1.807, 2.05) is 6.92 Å². The number of ether oxygens (including phenoxy) is 2. The summed E-state index contributed by atoms with van der Waals surface area (Å²) < 4.78 is 10.7. The minimum atomic E-state index is -1.55. The quantitative estimate of drug-likeness (QED) is 0.666. The Bertz CT molecular complexity index is 639. The maximum Gasteiger partial charge on any atom is 0.290 e. The van der Waals surface area contributed by atoms with Crippen LogP contribution in [0.15, 0.2) is 42.0 Å². The van der Waals surface area contributed by atoms with Gasteiger partial charge in [0.1, 0.15) is 6.04 Å². The first kappa shape index (κ1) is 16.0. The molecule has 2 N–H and O–H groups in total. The van der Waals surface area contributed by atoms with E-state index < -0.39 is 11.6 Å². The first-order valence-corrected chi connectivity index (χ1v) is 7.03. The molecule has 1 aliphatic rings. The molecule has 1 aromatic rings. The van der Waals surface area contributed by atoms with Gasteiger partial charge in [0.15, 0.2) is 11.5 Å². The predicted octanol–water partition coefficient (Wildman–Crippen LogP) is 2.41. The highest BCUT2D eigenvalue weighted by molar-refractivity contribution is 5.54. The Morgan fingerprint density at radius 1 is 1.36 bits per heavy atom. The number of rotatable bonds is 5. The monoisotopic (exact) mass is 304 g/mol. The van der Waals surface area contributed by atoms with Gasteiger partial charge in [-0.25, -0.2) is 0 Å². The van der Waals surface area contributed by atoms with Gasteiger partial charge >= 0.3 is 0 Å². The number of methoxy groups -OCH3 is 2. The molecule has 6 nitrogen and oxygen atoms in total. The number of nitrogens with zero attached hydrogens (tertiary/aromatic N) is 1. The summed E-state index contributed by atoms with van der Waals surface area (Å²) >= 11 is 0. The van der Waals surface area contributed by atoms with Crippen molar-refractivity contribution in [3.63, 3.8) is 0 Å². The van der Waals surface area contributed by atoms with Crippen LogP contribution in [0, 0.1) is 10.1 Å². The molecular formula is C16H20N2O4. The van der Waals surface area contributed by atoms with Crippen molar-refractivity contribution in [3.8, 4) is 11.5 Å². The first-order chi connectivity index (χ1) is 10.5. The molecule has 2 rings (SSSR count). The normalized spacial score (nSPS) is 23.8. The van der Waals surface area contributed by atoms with Crippen LogP contribution in [-0.4, -0.2) is 25.2 Å². The third-order valence-corrected chi connectivity index (χ3v) is 4.07. The molecule has 0 heterocycles. The average Bonchev–Trinajstić information content (AvgIpc) is 2.53. The molecule has 0 fully saturated rings. The molecule has 2 atom stereocenters. The zero-order valence-electron chi connectivity index (χ0n) is 12.9. The molecule has 0 radical (unpaired) electrons. The van der Waals surface area contributed by atoms with Gasteiger partial charge in [-0.3, -0.25) is 10.1 Å². The van der Waals surface area contributed by atoms with Crippen LogP contribution in [0.3, 0.4) is 0 Å². The van der Waals surface area contributed by atoms with E-state index in [-0.39, 0.29) is 4.92 Å². The Morgan fingerprint density at radius 2 is 2.09 bits per heavy atom. The molecule has 0 spiro atoms. The fourth-order valence-electron chi connectivity index (χ4n) is 3.04. The number of allylic oxidation sites excluding steroid dienone is 2. The SMILES string of the molecule is CCC1=CC=CC(N)C1(c1cccc(OC)c1OC)[N+](=O)[O-]. The van der Waals surface area contributed by atoms with E-state index in [1.165, 1.54) is 14.2 Å². The van der Waals surface area contributed by atoms with Crippen molar-refractivity contribution in [1.82, 2.24) is 0 Å². The molecule has 0 saturated carbocycles. The van der Waals surface area contributed by atoms with Crippen LogP contribution in [0.1, 0.15) is 18.9 Å². The summed E-state index contributed by atoms with van der Waals surface area (Å²) in [5, 5.41) is 12.1. The number of hydrogen-bond donors (Lipinski definition) is 1. The smallest absolute Gasteiger partial charge is 0.290 e. The van der Waals surface area contributed by atoms with Gasteiger partial charge in [-0.05, 0) is 18.6 Å². The van der Waals surface area contributed by atoms with Crippen molar-refractivity contribution < 1.29 is 14.4 Å². The standard InChI is InChI=1S/C16H20N2O4/c1-4-11-7-5-10-14(17)16(11,18(19)20)12-8-6-9-13(21-2)15(12)22-3/h5-10,14H,4,17H2,1-3H3. The number of hydrogen-bond acceptors (Lipinski definition) is 5. The zero-order valence-corrected chi connectivity index (χ0v) is 12.9. The Hall–Kier alpha value is -2.34. The van der Waals surface area contributed by atoms with Crippen molar-refractivity contribution in [1.29, 1.82) is 0 Å². The summed E-state index contributed by atoms with van der Waals surface area (Å²) in [6.45, 7) is 1.88. The molecule has 1 aliphatic carbocycles. The highest BCUT2D eigenvalue weighted by atomic mass is 16.6. The molecule has 118 valence electrons. The maximum absolute atomic E-state index is 12.1. The van der Waals surface area contributed by atoms with Gasteiger partial charge in [0.05, 0.1) is 19.8 Å². The average molecular weight is 304 g/mol. The van der Waals surface area contributed by atoms with Crippen LogP contribution in [0.2, 0.25) is 0 Å². The molecule has 22 heavy (non-hydrogen) atoms. The summed E-state index contributed by atoms with van der Waals surface area (Å²) in [5.41, 5.74) is 5.65. The Kier molecular flexibility index (Phi) is 4.51. The second-order valence-corrected chi connectivity index (χ2v) is 5.02. The van der Waals surface area contributed by atoms with Crippen LogP contribution in [-0.2, 0) is 5.54 Å². The van der Waals surface area contributed by atoms with Gasteiger partial charge < -0.3 is 15.2 Å². The fourth-order valence-corrected chi connectivity index (χ4v) is 3.04. The lowest BCUT2D eigenvalue weighted by molar-refractivity contribution is -0.569. The van der Waals surface area contributed by atoms with E-state index in [4.69, 9.17) is 15.2 Å². The second-order valence-electron chi connectivity index (χ2n) is 5.02. The first-order valence-electron chi connectivity index (χ1n) is 7.03. The van der Waals surface area contributed by atoms with E-state index in [0.29, 0.717) is 29.1 Å². The molecule has 1 aromatic carbocycles. The Labute approximate surface area is 129 Å². The molecule has 0 amide bonds. The lowest BCUT2D eigenvalue weighted by Gasteiger charge is -2.34. The van der Waals surface area contributed by atoms with Gasteiger partial charge in [-0.15, -0.1) is 0 Å². The molecular weight excluding hydrogens is 284 g/mol. The minimum absolute atomic E-state index is 0.326. The third kappa shape index (κ3) is 2.16. The third-order valence-electron chi connectivity index (χ3n) is 4.07. The van der Waals surface area contributed by atoms with Crippen LogP contribution >= 0.6 is 0 Å². The molecule has 0 bridgehead atoms. The van der Waals surface area contributed by atoms with E-state index in [0.717, 1.165) is 0 Å². The molecule has 0 aliphatic heterocycles. The summed E-state index contributed by atoms with van der Waals surface area (Å²) in [4.78, 5) is 11.8. The molecule has 2 unspecified atom stereocenters. The van der Waals surface area contributed by atoms with Gasteiger partial charge in [-0.1, -0.05) is 31.2 Å². The van der Waals surface area contributed by atoms with Crippen LogP contribution < -0.4 is 15.2 Å². The van der Waals surface area contributed by atoms with E-state index in [1.54, 1.807) is 36.4 Å². The van der Waals surface area contributed by atoms with E-state index >= 15 is 0 Å². The largest absolute Gasteiger partial charge is 0.493 e. The highest BCUT2D eigenvalue weighted by Gasteiger charge is 2.55. The number of benzene rings is 1. The lowest BCUT2D eigenvalue weighted by atomic mass is 9.73. The van der Waals surface area contributed by atoms with Crippen LogP contribution in [0.5, 0.6) is 11.5 Å². The maximum atomic E-state index is 12.1. The topological polar surface area (TPSA) is 87.6 Å². The molecule has 0 aromatic heterocycles. The second kappa shape index (κ2) is 6.19. The van der Waals surface area contributed by atoms with Crippen molar-refractivity contribution in [3.05, 3.63) is 57.7 Å². The summed E-state index contributed by atoms with van der Waals surface area (Å²) in [6, 6.07) is 4.30. The Balaban J connectivity index is 2.81. The van der Waals surface area contributed by atoms with Crippen LogP contribution in [0.25, 0.3) is 0 Å². The number of nitrogens with two attached hydrogens (primary N) is 1. The van der Waals surface area contributed by atoms with Gasteiger partial charge in [0.25, 0.3) is 5.54 Å². The van der Waals surface area contributed by atoms with Crippen LogP contribution in [0.4, 0.5) is 0 Å². The van der Waals surface area contributed by atoms with E-state index in [9.17, 15) is 10.1 Å². The van der Waals surface area contributed by atoms with Crippen molar-refractivity contribution in [2.45, 2.75) is 24.9 Å². The highest BCUT2D eigenvalue weighted by Crippen LogP contribution is 2.46. The lowest BCUT2D eigenvalue weighted by Crippen LogP contribution is -2.52. The summed E-state index contributed by atoms with van der Waals surface area (Å²) in [7, 11) is 2.96. The van der Waals surface area contributed by atoms with Crippen molar-refractivity contribution in [2.24, 2.45) is 5.73 Å². The summed E-state index contributed by atoms with van der Waals surface area (Å²) in [6.07, 6.45) is 5.67. The minimum Gasteiger partial charge on any atom is -0.493 e. The van der Waals surface area contributed by atoms with Crippen molar-refractivity contribution in [2.75, 3.05) is 14.2 Å². The van der Waals surface area contributed by atoms with Gasteiger partial charge in [0.2, 0.25) is 0 Å². The number of nitro groups is 1. The van der Waals surface area contributed by atoms with E-state index in [2.05, 4.69) is 0 Å². The Morgan fingerprint density at radius 3 is 2.64 bits per heavy atom. The molecule has 6 heteroatoms. The molecule has 0 saturated heterocycles. The number of para-hydroxylation sites is 1. The summed E-state index contributed by atoms with van der Waals surface area (Å²) in [5.74, 6) is 0.783. The van der Waals surface area contributed by atoms with Gasteiger partial charge in [0, 0.05) is 10.5 Å². The fraction of sp³-hybridized carbons (Fsp3) is 0.375. The van der Waals surface area contributed by atoms with Gasteiger partial charge in [-0.2, -0.15) is 0 Å². The zero-order chi connectivity index (χ0) is 16.3. The van der Waals surface area contributed by atoms with Crippen molar-refractivity contribution >= 4 is 0 Å².